The number of hydrogen-bond donors (Lipinski definition) is 1. The first-order valence-electron chi connectivity index (χ1n) is 7.48. The summed E-state index contributed by atoms with van der Waals surface area (Å²) in [5.41, 5.74) is 1.45. The third kappa shape index (κ3) is 3.56. The van der Waals surface area contributed by atoms with Crippen LogP contribution in [0.5, 0.6) is 0 Å². The molecule has 1 fully saturated rings. The summed E-state index contributed by atoms with van der Waals surface area (Å²) in [6.45, 7) is 4.46. The number of aryl methyl sites for hydroxylation is 1. The van der Waals surface area contributed by atoms with Gasteiger partial charge >= 0.3 is 0 Å². The molecule has 0 saturated carbocycles. The Morgan fingerprint density at radius 1 is 1.43 bits per heavy atom. The summed E-state index contributed by atoms with van der Waals surface area (Å²) in [6, 6.07) is 5.99. The Hall–Kier alpha value is -1.86. The van der Waals surface area contributed by atoms with E-state index in [-0.39, 0.29) is 5.56 Å². The lowest BCUT2D eigenvalue weighted by Crippen LogP contribution is -2.43. The van der Waals surface area contributed by atoms with E-state index in [0.717, 1.165) is 29.9 Å². The molecule has 1 saturated heterocycles. The molecule has 0 aromatic carbocycles. The van der Waals surface area contributed by atoms with Crippen LogP contribution in [0.4, 0.5) is 17.2 Å². The number of rotatable bonds is 3. The number of nitrogens with zero attached hydrogens (tertiary/aromatic N) is 3. The van der Waals surface area contributed by atoms with Crippen LogP contribution in [0, 0.1) is 0 Å². The van der Waals surface area contributed by atoms with E-state index in [4.69, 9.17) is 4.74 Å². The van der Waals surface area contributed by atoms with Crippen molar-refractivity contribution >= 4 is 33.1 Å². The summed E-state index contributed by atoms with van der Waals surface area (Å²) in [5.74, 6) is 0.643. The molecule has 0 radical (unpaired) electrons. The fourth-order valence-electron chi connectivity index (χ4n) is 2.64. The monoisotopic (exact) mass is 378 g/mol. The van der Waals surface area contributed by atoms with E-state index in [2.05, 4.69) is 38.1 Å². The number of ether oxygens (including phenoxy) is 1. The third-order valence-corrected chi connectivity index (χ3v) is 4.29. The molecular formula is C16H19BrN4O2. The van der Waals surface area contributed by atoms with Crippen molar-refractivity contribution in [1.29, 1.82) is 0 Å². The summed E-state index contributed by atoms with van der Waals surface area (Å²) in [6.07, 6.45) is 3.55. The van der Waals surface area contributed by atoms with E-state index in [9.17, 15) is 4.79 Å². The second kappa shape index (κ2) is 6.72. The van der Waals surface area contributed by atoms with Crippen molar-refractivity contribution in [3.8, 4) is 0 Å². The highest BCUT2D eigenvalue weighted by molar-refractivity contribution is 9.10. The van der Waals surface area contributed by atoms with Crippen molar-refractivity contribution in [2.24, 2.45) is 7.05 Å². The highest BCUT2D eigenvalue weighted by Gasteiger charge is 2.19. The second-order valence-corrected chi connectivity index (χ2v) is 6.55. The zero-order valence-corrected chi connectivity index (χ0v) is 14.7. The Kier molecular flexibility index (Phi) is 4.68. The first-order valence-corrected chi connectivity index (χ1v) is 8.27. The topological polar surface area (TPSA) is 59.4 Å². The van der Waals surface area contributed by atoms with Crippen LogP contribution in [0.3, 0.4) is 0 Å². The predicted molar refractivity (Wildman–Crippen MR) is 94.5 cm³/mol. The fraction of sp³-hybridized carbons (Fsp3) is 0.375. The van der Waals surface area contributed by atoms with Crippen LogP contribution >= 0.6 is 15.9 Å². The van der Waals surface area contributed by atoms with Crippen LogP contribution in [-0.4, -0.2) is 35.4 Å². The van der Waals surface area contributed by atoms with Gasteiger partial charge in [0.15, 0.2) is 0 Å². The average molecular weight is 379 g/mol. The van der Waals surface area contributed by atoms with Crippen molar-refractivity contribution in [3.63, 3.8) is 0 Å². The van der Waals surface area contributed by atoms with E-state index in [1.807, 2.05) is 18.3 Å². The van der Waals surface area contributed by atoms with Crippen molar-refractivity contribution in [2.45, 2.75) is 13.0 Å². The summed E-state index contributed by atoms with van der Waals surface area (Å²) in [7, 11) is 1.72. The van der Waals surface area contributed by atoms with Crippen LogP contribution in [0.25, 0.3) is 0 Å². The molecule has 0 aliphatic carbocycles. The van der Waals surface area contributed by atoms with Crippen LogP contribution in [-0.2, 0) is 11.8 Å². The zero-order chi connectivity index (χ0) is 16.4. The van der Waals surface area contributed by atoms with Crippen molar-refractivity contribution in [1.82, 2.24) is 9.55 Å². The van der Waals surface area contributed by atoms with Gasteiger partial charge in [-0.05, 0) is 41.1 Å². The van der Waals surface area contributed by atoms with Crippen molar-refractivity contribution in [2.75, 3.05) is 30.0 Å². The lowest BCUT2D eigenvalue weighted by Gasteiger charge is -2.35. The Balaban J connectivity index is 1.79. The van der Waals surface area contributed by atoms with Crippen LogP contribution in [0.1, 0.15) is 6.92 Å². The van der Waals surface area contributed by atoms with Gasteiger partial charge in [0.2, 0.25) is 0 Å². The molecule has 122 valence electrons. The molecule has 2 aromatic heterocycles. The van der Waals surface area contributed by atoms with Gasteiger partial charge in [-0.2, -0.15) is 0 Å². The third-order valence-electron chi connectivity index (χ3n) is 3.86. The van der Waals surface area contributed by atoms with Gasteiger partial charge < -0.3 is 19.5 Å². The Labute approximate surface area is 143 Å². The van der Waals surface area contributed by atoms with Gasteiger partial charge in [0.05, 0.1) is 25.1 Å². The van der Waals surface area contributed by atoms with E-state index in [1.165, 1.54) is 4.57 Å². The number of aromatic nitrogens is 2. The van der Waals surface area contributed by atoms with Crippen LogP contribution in [0.2, 0.25) is 0 Å². The SMILES string of the molecule is C[C@H]1COCCN1c1ccc(Nc2cc(Br)cn(C)c2=O)nc1. The normalized spacial score (nSPS) is 18.0. The minimum Gasteiger partial charge on any atom is -0.377 e. The van der Waals surface area contributed by atoms with Crippen LogP contribution in [0.15, 0.2) is 39.9 Å². The maximum absolute atomic E-state index is 12.1. The predicted octanol–water partition coefficient (Wildman–Crippen LogP) is 2.51. The lowest BCUT2D eigenvalue weighted by atomic mass is 10.2. The molecule has 1 N–H and O–H groups in total. The van der Waals surface area contributed by atoms with Crippen molar-refractivity contribution < 1.29 is 4.74 Å². The van der Waals surface area contributed by atoms with E-state index >= 15 is 0 Å². The first kappa shape index (κ1) is 16.0. The molecule has 3 rings (SSSR count). The summed E-state index contributed by atoms with van der Waals surface area (Å²) >= 11 is 3.39. The summed E-state index contributed by atoms with van der Waals surface area (Å²) in [5, 5.41) is 3.08. The second-order valence-electron chi connectivity index (χ2n) is 5.63. The molecule has 3 heterocycles. The number of pyridine rings is 2. The van der Waals surface area contributed by atoms with Gasteiger partial charge in [-0.1, -0.05) is 0 Å². The Bertz CT molecular complexity index is 745. The number of nitrogens with one attached hydrogen (secondary N) is 1. The van der Waals surface area contributed by atoms with Gasteiger partial charge in [-0.25, -0.2) is 4.98 Å². The molecule has 0 bridgehead atoms. The molecular weight excluding hydrogens is 360 g/mol. The average Bonchev–Trinajstić information content (AvgIpc) is 2.53. The van der Waals surface area contributed by atoms with Gasteiger partial charge in [0.1, 0.15) is 11.5 Å². The van der Waals surface area contributed by atoms with E-state index in [1.54, 1.807) is 19.3 Å². The number of hydrogen-bond acceptors (Lipinski definition) is 5. The molecule has 0 unspecified atom stereocenters. The number of anilines is 3. The highest BCUT2D eigenvalue weighted by Crippen LogP contribution is 2.21. The molecule has 23 heavy (non-hydrogen) atoms. The van der Waals surface area contributed by atoms with Gasteiger partial charge in [0, 0.05) is 30.3 Å². The first-order chi connectivity index (χ1) is 11.0. The molecule has 6 nitrogen and oxygen atoms in total. The quantitative estimate of drug-likeness (QED) is 0.888. The smallest absolute Gasteiger partial charge is 0.274 e. The number of halogens is 1. The molecule has 1 aliphatic rings. The van der Waals surface area contributed by atoms with Crippen LogP contribution < -0.4 is 15.8 Å². The molecule has 0 amide bonds. The standard InChI is InChI=1S/C16H19BrN4O2/c1-11-10-23-6-5-21(11)13-3-4-15(18-8-13)19-14-7-12(17)9-20(2)16(14)22/h3-4,7-9,11H,5-6,10H2,1-2H3,(H,18,19)/t11-/m0/s1. The minimum atomic E-state index is -0.0964. The maximum atomic E-state index is 12.1. The molecule has 7 heteroatoms. The van der Waals surface area contributed by atoms with Gasteiger partial charge in [-0.15, -0.1) is 0 Å². The van der Waals surface area contributed by atoms with Crippen molar-refractivity contribution in [3.05, 3.63) is 45.4 Å². The molecule has 1 atom stereocenters. The highest BCUT2D eigenvalue weighted by atomic mass is 79.9. The summed E-state index contributed by atoms with van der Waals surface area (Å²) in [4.78, 5) is 18.8. The summed E-state index contributed by atoms with van der Waals surface area (Å²) < 4.78 is 7.81. The lowest BCUT2D eigenvalue weighted by molar-refractivity contribution is 0.0989. The van der Waals surface area contributed by atoms with Gasteiger partial charge in [0.25, 0.3) is 5.56 Å². The van der Waals surface area contributed by atoms with Gasteiger partial charge in [-0.3, -0.25) is 4.79 Å². The maximum Gasteiger partial charge on any atom is 0.274 e. The van der Waals surface area contributed by atoms with E-state index < -0.39 is 0 Å². The molecule has 0 spiro atoms. The minimum absolute atomic E-state index is 0.0964. The number of morpholine rings is 1. The largest absolute Gasteiger partial charge is 0.377 e. The fourth-order valence-corrected chi connectivity index (χ4v) is 3.17. The molecule has 2 aromatic rings. The molecule has 1 aliphatic heterocycles. The van der Waals surface area contributed by atoms with E-state index in [0.29, 0.717) is 17.5 Å². The Morgan fingerprint density at radius 3 is 2.96 bits per heavy atom. The zero-order valence-electron chi connectivity index (χ0n) is 13.1. The Morgan fingerprint density at radius 2 is 2.26 bits per heavy atom.